The monoisotopic (exact) mass is 420 g/mol. The second-order valence-electron chi connectivity index (χ2n) is 6.44. The molecule has 0 saturated carbocycles. The predicted molar refractivity (Wildman–Crippen MR) is 113 cm³/mol. The maximum absolute atomic E-state index is 12.2. The van der Waals surface area contributed by atoms with Gasteiger partial charge in [-0.25, -0.2) is 0 Å². The topological polar surface area (TPSA) is 125 Å². The van der Waals surface area contributed by atoms with Gasteiger partial charge in [0.2, 0.25) is 0 Å². The van der Waals surface area contributed by atoms with Crippen molar-refractivity contribution in [3.8, 4) is 34.8 Å². The molecule has 8 heteroatoms. The first-order valence-corrected chi connectivity index (χ1v) is 9.19. The number of nitrogens with two attached hydrogens (primary N) is 1. The van der Waals surface area contributed by atoms with Gasteiger partial charge < -0.3 is 20.2 Å². The highest BCUT2D eigenvalue weighted by atomic mass is 35.5. The minimum absolute atomic E-state index is 0.0248. The van der Waals surface area contributed by atoms with Crippen LogP contribution in [0.3, 0.4) is 0 Å². The van der Waals surface area contributed by atoms with E-state index in [0.29, 0.717) is 27.6 Å². The van der Waals surface area contributed by atoms with E-state index in [1.165, 1.54) is 7.11 Å². The molecule has 0 atom stereocenters. The van der Waals surface area contributed by atoms with Crippen LogP contribution in [0.2, 0.25) is 5.02 Å². The van der Waals surface area contributed by atoms with Crippen molar-refractivity contribution in [2.45, 2.75) is 13.5 Å². The van der Waals surface area contributed by atoms with Gasteiger partial charge in [-0.15, -0.1) is 0 Å². The molecule has 7 nitrogen and oxygen atoms in total. The van der Waals surface area contributed by atoms with E-state index < -0.39 is 5.56 Å². The minimum atomic E-state index is -0.658. The van der Waals surface area contributed by atoms with E-state index in [9.17, 15) is 15.3 Å². The Morgan fingerprint density at radius 1 is 1.10 bits per heavy atom. The number of anilines is 1. The molecular formula is C22H17ClN4O3. The van der Waals surface area contributed by atoms with Crippen LogP contribution in [0.5, 0.6) is 11.5 Å². The SMILES string of the molecule is COc1ccc(-c2c(C#N)c(N)[nH]c(=O)c2C#N)cc1COc1ccc(Cl)cc1C. The lowest BCUT2D eigenvalue weighted by Crippen LogP contribution is -2.16. The highest BCUT2D eigenvalue weighted by molar-refractivity contribution is 6.30. The second kappa shape index (κ2) is 8.60. The molecule has 0 fully saturated rings. The molecule has 3 aromatic rings. The largest absolute Gasteiger partial charge is 0.496 e. The van der Waals surface area contributed by atoms with E-state index in [2.05, 4.69) is 4.98 Å². The number of nitrogen functional groups attached to an aromatic ring is 1. The summed E-state index contributed by atoms with van der Waals surface area (Å²) in [6.07, 6.45) is 0. The summed E-state index contributed by atoms with van der Waals surface area (Å²) in [6, 6.07) is 14.2. The molecule has 0 unspecified atom stereocenters. The Balaban J connectivity index is 2.09. The van der Waals surface area contributed by atoms with Gasteiger partial charge in [-0.3, -0.25) is 4.79 Å². The van der Waals surface area contributed by atoms with Crippen LogP contribution in [0.1, 0.15) is 22.3 Å². The number of hydrogen-bond donors (Lipinski definition) is 2. The zero-order valence-electron chi connectivity index (χ0n) is 16.2. The number of aryl methyl sites for hydroxylation is 1. The van der Waals surface area contributed by atoms with Gasteiger partial charge in [0.15, 0.2) is 0 Å². The number of nitrogens with zero attached hydrogens (tertiary/aromatic N) is 2. The highest BCUT2D eigenvalue weighted by Crippen LogP contribution is 2.32. The molecule has 0 spiro atoms. The Bertz CT molecular complexity index is 1270. The number of rotatable bonds is 5. The van der Waals surface area contributed by atoms with Gasteiger partial charge in [0.1, 0.15) is 47.2 Å². The lowest BCUT2D eigenvalue weighted by atomic mass is 9.95. The molecule has 0 amide bonds. The summed E-state index contributed by atoms with van der Waals surface area (Å²) in [5.41, 5.74) is 7.17. The molecule has 0 aliphatic rings. The van der Waals surface area contributed by atoms with E-state index in [4.69, 9.17) is 26.8 Å². The molecule has 1 aromatic heterocycles. The summed E-state index contributed by atoms with van der Waals surface area (Å²) < 4.78 is 11.3. The molecule has 150 valence electrons. The highest BCUT2D eigenvalue weighted by Gasteiger charge is 2.19. The maximum Gasteiger partial charge on any atom is 0.268 e. The lowest BCUT2D eigenvalue weighted by Gasteiger charge is -2.15. The van der Waals surface area contributed by atoms with Crippen molar-refractivity contribution in [1.29, 1.82) is 10.5 Å². The van der Waals surface area contributed by atoms with Crippen LogP contribution < -0.4 is 20.8 Å². The number of methoxy groups -OCH3 is 1. The number of aromatic amines is 1. The average molecular weight is 421 g/mol. The standard InChI is InChI=1S/C22H17ClN4O3/c1-12-7-15(23)4-6-18(12)30-11-14-8-13(3-5-19(14)29-2)20-16(9-24)21(26)27-22(28)17(20)10-25/h3-8H,11H2,1-2H3,(H3,26,27,28). The molecule has 0 aliphatic heterocycles. The van der Waals surface area contributed by atoms with Crippen LogP contribution in [0.25, 0.3) is 11.1 Å². The fraction of sp³-hybridized carbons (Fsp3) is 0.136. The van der Waals surface area contributed by atoms with Crippen molar-refractivity contribution in [1.82, 2.24) is 4.98 Å². The van der Waals surface area contributed by atoms with E-state index in [1.807, 2.05) is 19.1 Å². The lowest BCUT2D eigenvalue weighted by molar-refractivity contribution is 0.295. The predicted octanol–water partition coefficient (Wildman–Crippen LogP) is 3.92. The van der Waals surface area contributed by atoms with E-state index in [0.717, 1.165) is 5.56 Å². The number of hydrogen-bond acceptors (Lipinski definition) is 6. The van der Waals surface area contributed by atoms with Crippen molar-refractivity contribution in [2.24, 2.45) is 0 Å². The van der Waals surface area contributed by atoms with Gasteiger partial charge in [0.25, 0.3) is 5.56 Å². The molecule has 3 rings (SSSR count). The van der Waals surface area contributed by atoms with Crippen molar-refractivity contribution < 1.29 is 9.47 Å². The molecule has 3 N–H and O–H groups in total. The summed E-state index contributed by atoms with van der Waals surface area (Å²) >= 11 is 5.99. The number of aromatic nitrogens is 1. The van der Waals surface area contributed by atoms with Crippen LogP contribution in [-0.2, 0) is 6.61 Å². The molecule has 0 radical (unpaired) electrons. The molecule has 0 aliphatic carbocycles. The van der Waals surface area contributed by atoms with Gasteiger partial charge in [-0.2, -0.15) is 10.5 Å². The molecule has 2 aromatic carbocycles. The van der Waals surface area contributed by atoms with Crippen LogP contribution in [0, 0.1) is 29.6 Å². The van der Waals surface area contributed by atoms with Crippen molar-refractivity contribution in [3.63, 3.8) is 0 Å². The number of ether oxygens (including phenoxy) is 2. The normalized spacial score (nSPS) is 10.2. The Kier molecular flexibility index (Phi) is 5.96. The second-order valence-corrected chi connectivity index (χ2v) is 6.88. The van der Waals surface area contributed by atoms with Crippen LogP contribution in [-0.4, -0.2) is 12.1 Å². The summed E-state index contributed by atoms with van der Waals surface area (Å²) in [7, 11) is 1.53. The molecular weight excluding hydrogens is 404 g/mol. The van der Waals surface area contributed by atoms with Gasteiger partial charge in [-0.1, -0.05) is 17.7 Å². The smallest absolute Gasteiger partial charge is 0.268 e. The van der Waals surface area contributed by atoms with Crippen molar-refractivity contribution >= 4 is 17.4 Å². The fourth-order valence-electron chi connectivity index (χ4n) is 3.11. The Morgan fingerprint density at radius 2 is 1.80 bits per heavy atom. The summed E-state index contributed by atoms with van der Waals surface area (Å²) in [5, 5.41) is 19.6. The summed E-state index contributed by atoms with van der Waals surface area (Å²) in [4.78, 5) is 14.5. The minimum Gasteiger partial charge on any atom is -0.496 e. The number of benzene rings is 2. The number of nitrogens with one attached hydrogen (secondary N) is 1. The third kappa shape index (κ3) is 3.93. The van der Waals surface area contributed by atoms with E-state index in [-0.39, 0.29) is 29.1 Å². The van der Waals surface area contributed by atoms with Crippen molar-refractivity contribution in [2.75, 3.05) is 12.8 Å². The van der Waals surface area contributed by atoms with Gasteiger partial charge in [-0.05, 0) is 48.4 Å². The first-order valence-electron chi connectivity index (χ1n) is 8.81. The Labute approximate surface area is 177 Å². The zero-order chi connectivity index (χ0) is 21.8. The van der Waals surface area contributed by atoms with Crippen LogP contribution in [0.4, 0.5) is 5.82 Å². The number of H-pyrrole nitrogens is 1. The van der Waals surface area contributed by atoms with E-state index >= 15 is 0 Å². The quantitative estimate of drug-likeness (QED) is 0.644. The van der Waals surface area contributed by atoms with Gasteiger partial charge >= 0.3 is 0 Å². The van der Waals surface area contributed by atoms with E-state index in [1.54, 1.807) is 36.4 Å². The third-order valence-electron chi connectivity index (χ3n) is 4.56. The molecule has 1 heterocycles. The van der Waals surface area contributed by atoms with Gasteiger partial charge in [0, 0.05) is 16.1 Å². The average Bonchev–Trinajstić information content (AvgIpc) is 2.72. The maximum atomic E-state index is 12.2. The number of halogens is 1. The first kappa shape index (κ1) is 20.8. The Morgan fingerprint density at radius 3 is 2.43 bits per heavy atom. The third-order valence-corrected chi connectivity index (χ3v) is 4.79. The fourth-order valence-corrected chi connectivity index (χ4v) is 3.34. The molecule has 0 bridgehead atoms. The van der Waals surface area contributed by atoms with Crippen LogP contribution >= 0.6 is 11.6 Å². The summed E-state index contributed by atoms with van der Waals surface area (Å²) in [5.74, 6) is 1.12. The van der Waals surface area contributed by atoms with Crippen molar-refractivity contribution in [3.05, 3.63) is 74.0 Å². The zero-order valence-corrected chi connectivity index (χ0v) is 17.0. The number of nitriles is 2. The molecule has 0 saturated heterocycles. The van der Waals surface area contributed by atoms with Gasteiger partial charge in [0.05, 0.1) is 7.11 Å². The van der Waals surface area contributed by atoms with Crippen LogP contribution in [0.15, 0.2) is 41.2 Å². The Hall–Kier alpha value is -3.94. The first-order chi connectivity index (χ1) is 14.4. The number of pyridine rings is 1. The molecule has 30 heavy (non-hydrogen) atoms. The summed E-state index contributed by atoms with van der Waals surface area (Å²) in [6.45, 7) is 2.04.